The molecule has 1 fully saturated rings. The Morgan fingerprint density at radius 1 is 1.22 bits per heavy atom. The largest absolute Gasteiger partial charge is 0.469 e. The van der Waals surface area contributed by atoms with Gasteiger partial charge in [0.2, 0.25) is 0 Å². The van der Waals surface area contributed by atoms with Gasteiger partial charge in [-0.05, 0) is 44.9 Å². The molecule has 7 heteroatoms. The van der Waals surface area contributed by atoms with E-state index in [4.69, 9.17) is 4.74 Å². The molecule has 0 aromatic heterocycles. The summed E-state index contributed by atoms with van der Waals surface area (Å²) in [5.74, 6) is 1.52. The van der Waals surface area contributed by atoms with Gasteiger partial charge < -0.3 is 20.1 Å². The Kier molecular flexibility index (Phi) is 14.6. The fourth-order valence-electron chi connectivity index (χ4n) is 1.94. The summed E-state index contributed by atoms with van der Waals surface area (Å²) in [6.45, 7) is 6.17. The first-order chi connectivity index (χ1) is 10.8. The fraction of sp³-hybridized carbons (Fsp3) is 0.875. The second-order valence-corrected chi connectivity index (χ2v) is 5.59. The molecule has 1 saturated carbocycles. The van der Waals surface area contributed by atoms with Gasteiger partial charge in [0.1, 0.15) is 0 Å². The van der Waals surface area contributed by atoms with Crippen LogP contribution in [0.2, 0.25) is 0 Å². The quantitative estimate of drug-likeness (QED) is 0.160. The molecule has 1 aliphatic rings. The molecule has 0 heterocycles. The van der Waals surface area contributed by atoms with Crippen molar-refractivity contribution in [2.45, 2.75) is 45.4 Å². The molecule has 1 rings (SSSR count). The van der Waals surface area contributed by atoms with Crippen molar-refractivity contribution >= 4 is 35.9 Å². The zero-order valence-corrected chi connectivity index (χ0v) is 16.8. The topological polar surface area (TPSA) is 72.0 Å². The highest BCUT2D eigenvalue weighted by Gasteiger charge is 2.20. The number of carbonyl (C=O) groups is 1. The summed E-state index contributed by atoms with van der Waals surface area (Å²) in [5, 5.41) is 6.50. The van der Waals surface area contributed by atoms with Crippen LogP contribution >= 0.6 is 24.0 Å². The molecule has 0 aromatic rings. The second-order valence-electron chi connectivity index (χ2n) is 5.59. The summed E-state index contributed by atoms with van der Waals surface area (Å²) in [4.78, 5) is 15.5. The number of aliphatic imine (C=N–C) groups is 1. The Balaban J connectivity index is 0.00000484. The van der Waals surface area contributed by atoms with Crippen LogP contribution in [0.5, 0.6) is 0 Å². The molecule has 136 valence electrons. The SMILES string of the molecule is CCNC(=NCCCOCC1CC1)NCCCCC(=O)OC.I. The summed E-state index contributed by atoms with van der Waals surface area (Å²) in [6.07, 6.45) is 5.85. The number of hydrogen-bond donors (Lipinski definition) is 2. The Hall–Kier alpha value is -0.570. The zero-order chi connectivity index (χ0) is 16.0. The average molecular weight is 441 g/mol. The highest BCUT2D eigenvalue weighted by atomic mass is 127. The lowest BCUT2D eigenvalue weighted by molar-refractivity contribution is -0.140. The molecule has 0 spiro atoms. The van der Waals surface area contributed by atoms with Crippen LogP contribution in [-0.4, -0.2) is 51.9 Å². The number of rotatable bonds is 12. The second kappa shape index (κ2) is 15.0. The normalized spacial score (nSPS) is 14.1. The number of esters is 1. The molecule has 0 saturated heterocycles. The highest BCUT2D eigenvalue weighted by molar-refractivity contribution is 14.0. The Labute approximate surface area is 157 Å². The molecular formula is C16H32IN3O3. The minimum absolute atomic E-state index is 0. The van der Waals surface area contributed by atoms with Crippen molar-refractivity contribution in [1.29, 1.82) is 0 Å². The van der Waals surface area contributed by atoms with Gasteiger partial charge in [-0.2, -0.15) is 0 Å². The van der Waals surface area contributed by atoms with E-state index in [2.05, 4.69) is 20.4 Å². The van der Waals surface area contributed by atoms with Crippen molar-refractivity contribution < 1.29 is 14.3 Å². The monoisotopic (exact) mass is 441 g/mol. The van der Waals surface area contributed by atoms with E-state index in [0.29, 0.717) is 6.42 Å². The van der Waals surface area contributed by atoms with Crippen LogP contribution in [0.4, 0.5) is 0 Å². The Morgan fingerprint density at radius 2 is 2.00 bits per heavy atom. The molecule has 0 amide bonds. The molecule has 23 heavy (non-hydrogen) atoms. The number of guanidine groups is 1. The first-order valence-corrected chi connectivity index (χ1v) is 8.43. The number of carbonyl (C=O) groups excluding carboxylic acids is 1. The minimum Gasteiger partial charge on any atom is -0.469 e. The first-order valence-electron chi connectivity index (χ1n) is 8.43. The first kappa shape index (κ1) is 22.4. The summed E-state index contributed by atoms with van der Waals surface area (Å²) >= 11 is 0. The Bertz CT molecular complexity index is 337. The number of halogens is 1. The van der Waals surface area contributed by atoms with Gasteiger partial charge >= 0.3 is 5.97 Å². The van der Waals surface area contributed by atoms with Crippen LogP contribution in [0.15, 0.2) is 4.99 Å². The van der Waals surface area contributed by atoms with Crippen LogP contribution in [0.25, 0.3) is 0 Å². The molecule has 0 aliphatic heterocycles. The number of methoxy groups -OCH3 is 1. The summed E-state index contributed by atoms with van der Waals surface area (Å²) in [7, 11) is 1.42. The third-order valence-electron chi connectivity index (χ3n) is 3.44. The molecule has 6 nitrogen and oxygen atoms in total. The maximum atomic E-state index is 11.0. The van der Waals surface area contributed by atoms with Gasteiger partial charge in [0.15, 0.2) is 5.96 Å². The van der Waals surface area contributed by atoms with Gasteiger partial charge in [-0.1, -0.05) is 0 Å². The van der Waals surface area contributed by atoms with Crippen molar-refractivity contribution in [3.63, 3.8) is 0 Å². The van der Waals surface area contributed by atoms with E-state index in [1.54, 1.807) is 0 Å². The van der Waals surface area contributed by atoms with E-state index in [9.17, 15) is 4.79 Å². The van der Waals surface area contributed by atoms with Crippen molar-refractivity contribution in [3.8, 4) is 0 Å². The number of hydrogen-bond acceptors (Lipinski definition) is 4. The van der Waals surface area contributed by atoms with Gasteiger partial charge in [0.05, 0.1) is 7.11 Å². The molecule has 0 unspecified atom stereocenters. The number of nitrogens with one attached hydrogen (secondary N) is 2. The predicted octanol–water partition coefficient (Wildman–Crippen LogP) is 2.32. The van der Waals surface area contributed by atoms with Crippen molar-refractivity contribution in [1.82, 2.24) is 10.6 Å². The lowest BCUT2D eigenvalue weighted by atomic mass is 10.2. The van der Waals surface area contributed by atoms with E-state index in [1.165, 1.54) is 20.0 Å². The molecule has 0 radical (unpaired) electrons. The van der Waals surface area contributed by atoms with Gasteiger partial charge in [-0.25, -0.2) is 0 Å². The third kappa shape index (κ3) is 13.6. The van der Waals surface area contributed by atoms with Crippen molar-refractivity contribution in [2.24, 2.45) is 10.9 Å². The van der Waals surface area contributed by atoms with E-state index in [-0.39, 0.29) is 29.9 Å². The summed E-state index contributed by atoms with van der Waals surface area (Å²) < 4.78 is 10.2. The molecule has 0 atom stereocenters. The number of nitrogens with zero attached hydrogens (tertiary/aromatic N) is 1. The van der Waals surface area contributed by atoms with Gasteiger partial charge in [0, 0.05) is 39.3 Å². The lowest BCUT2D eigenvalue weighted by Crippen LogP contribution is -2.38. The highest BCUT2D eigenvalue weighted by Crippen LogP contribution is 2.28. The van der Waals surface area contributed by atoms with Crippen LogP contribution in [-0.2, 0) is 14.3 Å². The molecule has 1 aliphatic carbocycles. The predicted molar refractivity (Wildman–Crippen MR) is 103 cm³/mol. The van der Waals surface area contributed by atoms with Gasteiger partial charge in [-0.15, -0.1) is 24.0 Å². The van der Waals surface area contributed by atoms with Crippen molar-refractivity contribution in [2.75, 3.05) is 40.0 Å². The van der Waals surface area contributed by atoms with Crippen LogP contribution in [0, 0.1) is 5.92 Å². The van der Waals surface area contributed by atoms with E-state index in [0.717, 1.165) is 64.0 Å². The van der Waals surface area contributed by atoms with E-state index >= 15 is 0 Å². The summed E-state index contributed by atoms with van der Waals surface area (Å²) in [6, 6.07) is 0. The minimum atomic E-state index is -0.147. The molecular weight excluding hydrogens is 409 g/mol. The van der Waals surface area contributed by atoms with Gasteiger partial charge in [0.25, 0.3) is 0 Å². The number of unbranched alkanes of at least 4 members (excludes halogenated alkanes) is 1. The molecule has 0 aromatic carbocycles. The zero-order valence-electron chi connectivity index (χ0n) is 14.4. The lowest BCUT2D eigenvalue weighted by Gasteiger charge is -2.11. The maximum absolute atomic E-state index is 11.0. The molecule has 0 bridgehead atoms. The summed E-state index contributed by atoms with van der Waals surface area (Å²) in [5.41, 5.74) is 0. The Morgan fingerprint density at radius 3 is 2.65 bits per heavy atom. The number of ether oxygens (including phenoxy) is 2. The smallest absolute Gasteiger partial charge is 0.305 e. The van der Waals surface area contributed by atoms with Gasteiger partial charge in [-0.3, -0.25) is 9.79 Å². The van der Waals surface area contributed by atoms with Crippen LogP contribution in [0.1, 0.15) is 45.4 Å². The average Bonchev–Trinajstić information content (AvgIpc) is 3.34. The standard InChI is InChI=1S/C16H31N3O3.HI/c1-3-17-16(18-10-5-4-7-15(20)21-2)19-11-6-12-22-13-14-8-9-14;/h14H,3-13H2,1-2H3,(H2,17,18,19);1H. The van der Waals surface area contributed by atoms with Crippen LogP contribution in [0.3, 0.4) is 0 Å². The molecule has 2 N–H and O–H groups in total. The fourth-order valence-corrected chi connectivity index (χ4v) is 1.94. The van der Waals surface area contributed by atoms with Crippen LogP contribution < -0.4 is 10.6 Å². The van der Waals surface area contributed by atoms with Crippen molar-refractivity contribution in [3.05, 3.63) is 0 Å². The van der Waals surface area contributed by atoms with E-state index < -0.39 is 0 Å². The maximum Gasteiger partial charge on any atom is 0.305 e. The van der Waals surface area contributed by atoms with E-state index in [1.807, 2.05) is 6.92 Å². The third-order valence-corrected chi connectivity index (χ3v) is 3.44.